The van der Waals surface area contributed by atoms with Gasteiger partial charge < -0.3 is 4.74 Å². The molecule has 0 aliphatic carbocycles. The number of hydrogen-bond acceptors (Lipinski definition) is 3. The summed E-state index contributed by atoms with van der Waals surface area (Å²) in [7, 11) is 1.65. The Balaban J connectivity index is 2.23. The van der Waals surface area contributed by atoms with Crippen LogP contribution in [-0.2, 0) is 6.42 Å². The van der Waals surface area contributed by atoms with Crippen molar-refractivity contribution >= 4 is 11.6 Å². The number of hydrogen-bond donors (Lipinski definition) is 1. The summed E-state index contributed by atoms with van der Waals surface area (Å²) in [5.74, 6) is 1.56. The maximum Gasteiger partial charge on any atom is 0.242 e. The maximum absolute atomic E-state index is 5.62. The van der Waals surface area contributed by atoms with Gasteiger partial charge in [0.15, 0.2) is 0 Å². The predicted molar refractivity (Wildman–Crippen MR) is 57.2 cm³/mol. The molecule has 0 atom stereocenters. The monoisotopic (exact) mass is 223 g/mol. The number of H-pyrrole nitrogens is 1. The van der Waals surface area contributed by atoms with Gasteiger partial charge in [0.2, 0.25) is 5.28 Å². The molecule has 0 radical (unpaired) electrons. The number of ether oxygens (including phenoxy) is 1. The van der Waals surface area contributed by atoms with E-state index in [0.29, 0.717) is 6.42 Å². The van der Waals surface area contributed by atoms with Gasteiger partial charge in [0.25, 0.3) is 0 Å². The Bertz CT molecular complexity index is 455. The van der Waals surface area contributed by atoms with Crippen molar-refractivity contribution in [3.63, 3.8) is 0 Å². The second-order valence-corrected chi connectivity index (χ2v) is 3.38. The minimum absolute atomic E-state index is 0.236. The Morgan fingerprint density at radius 1 is 1.40 bits per heavy atom. The van der Waals surface area contributed by atoms with Crippen LogP contribution < -0.4 is 4.74 Å². The topological polar surface area (TPSA) is 50.8 Å². The van der Waals surface area contributed by atoms with Crippen molar-refractivity contribution < 1.29 is 4.74 Å². The third-order valence-corrected chi connectivity index (χ3v) is 2.22. The summed E-state index contributed by atoms with van der Waals surface area (Å²) in [6, 6.07) is 7.77. The maximum atomic E-state index is 5.62. The van der Waals surface area contributed by atoms with Crippen molar-refractivity contribution in [2.45, 2.75) is 6.42 Å². The fraction of sp³-hybridized carbons (Fsp3) is 0.200. The van der Waals surface area contributed by atoms with Crippen LogP contribution in [0, 0.1) is 0 Å². The zero-order valence-electron chi connectivity index (χ0n) is 8.20. The van der Waals surface area contributed by atoms with Crippen LogP contribution in [0.4, 0.5) is 0 Å². The number of aromatic nitrogens is 3. The molecule has 0 fully saturated rings. The van der Waals surface area contributed by atoms with Gasteiger partial charge in [-0.1, -0.05) is 18.2 Å². The first-order valence-electron chi connectivity index (χ1n) is 4.48. The van der Waals surface area contributed by atoms with E-state index in [-0.39, 0.29) is 5.28 Å². The van der Waals surface area contributed by atoms with Gasteiger partial charge in [-0.2, -0.15) is 0 Å². The molecular formula is C10H10ClN3O. The molecule has 0 unspecified atom stereocenters. The molecule has 0 aliphatic rings. The fourth-order valence-corrected chi connectivity index (χ4v) is 1.52. The normalized spacial score (nSPS) is 10.3. The molecule has 5 heteroatoms. The molecule has 1 aromatic carbocycles. The highest BCUT2D eigenvalue weighted by Gasteiger charge is 2.06. The standard InChI is InChI=1S/C10H10ClN3O/c1-15-8-5-3-2-4-7(8)6-9-12-10(11)14-13-9/h2-5H,6H2,1H3,(H,12,13,14). The minimum atomic E-state index is 0.236. The highest BCUT2D eigenvalue weighted by atomic mass is 35.5. The number of para-hydroxylation sites is 1. The molecule has 78 valence electrons. The lowest BCUT2D eigenvalue weighted by Crippen LogP contribution is -1.95. The zero-order valence-corrected chi connectivity index (χ0v) is 8.95. The van der Waals surface area contributed by atoms with Crippen LogP contribution in [0.3, 0.4) is 0 Å². The summed E-state index contributed by atoms with van der Waals surface area (Å²) < 4.78 is 5.23. The number of rotatable bonds is 3. The van der Waals surface area contributed by atoms with Crippen molar-refractivity contribution in [3.05, 3.63) is 40.9 Å². The summed E-state index contributed by atoms with van der Waals surface area (Å²) >= 11 is 5.62. The van der Waals surface area contributed by atoms with Crippen LogP contribution in [0.5, 0.6) is 5.75 Å². The summed E-state index contributed by atoms with van der Waals surface area (Å²) in [5, 5.41) is 6.75. The van der Waals surface area contributed by atoms with Crippen molar-refractivity contribution in [1.29, 1.82) is 0 Å². The molecule has 1 aromatic heterocycles. The molecule has 2 aromatic rings. The molecule has 1 N–H and O–H groups in total. The molecule has 0 saturated heterocycles. The Morgan fingerprint density at radius 3 is 2.87 bits per heavy atom. The SMILES string of the molecule is COc1ccccc1Cc1nc(Cl)n[nH]1. The molecule has 4 nitrogen and oxygen atoms in total. The van der Waals surface area contributed by atoms with E-state index in [1.54, 1.807) is 7.11 Å². The van der Waals surface area contributed by atoms with Gasteiger partial charge in [0.1, 0.15) is 11.6 Å². The van der Waals surface area contributed by atoms with Gasteiger partial charge >= 0.3 is 0 Å². The summed E-state index contributed by atoms with van der Waals surface area (Å²) in [5.41, 5.74) is 1.05. The highest BCUT2D eigenvalue weighted by molar-refractivity contribution is 6.28. The molecule has 1 heterocycles. The van der Waals surface area contributed by atoms with E-state index in [4.69, 9.17) is 16.3 Å². The van der Waals surface area contributed by atoms with Gasteiger partial charge in [-0.05, 0) is 17.7 Å². The molecule has 0 bridgehead atoms. The van der Waals surface area contributed by atoms with E-state index in [2.05, 4.69) is 15.2 Å². The second kappa shape index (κ2) is 4.31. The fourth-order valence-electron chi connectivity index (χ4n) is 1.38. The van der Waals surface area contributed by atoms with Crippen molar-refractivity contribution in [3.8, 4) is 5.75 Å². The average molecular weight is 224 g/mol. The van der Waals surface area contributed by atoms with Crippen LogP contribution >= 0.6 is 11.6 Å². The number of aromatic amines is 1. The predicted octanol–water partition coefficient (Wildman–Crippen LogP) is 2.06. The lowest BCUT2D eigenvalue weighted by molar-refractivity contribution is 0.410. The van der Waals surface area contributed by atoms with Crippen LogP contribution in [0.25, 0.3) is 0 Å². The van der Waals surface area contributed by atoms with E-state index in [9.17, 15) is 0 Å². The zero-order chi connectivity index (χ0) is 10.7. The van der Waals surface area contributed by atoms with Gasteiger partial charge in [0, 0.05) is 12.0 Å². The Labute approximate surface area is 92.3 Å². The van der Waals surface area contributed by atoms with E-state index < -0.39 is 0 Å². The van der Waals surface area contributed by atoms with Crippen molar-refractivity contribution in [1.82, 2.24) is 15.2 Å². The molecular weight excluding hydrogens is 214 g/mol. The third kappa shape index (κ3) is 2.27. The van der Waals surface area contributed by atoms with Gasteiger partial charge in [-0.3, -0.25) is 5.10 Å². The molecule has 0 spiro atoms. The van der Waals surface area contributed by atoms with Crippen molar-refractivity contribution in [2.24, 2.45) is 0 Å². The van der Waals surface area contributed by atoms with Crippen molar-refractivity contribution in [2.75, 3.05) is 7.11 Å². The number of methoxy groups -OCH3 is 1. The highest BCUT2D eigenvalue weighted by Crippen LogP contribution is 2.19. The Kier molecular flexibility index (Phi) is 2.87. The van der Waals surface area contributed by atoms with E-state index in [1.807, 2.05) is 24.3 Å². The van der Waals surface area contributed by atoms with E-state index in [0.717, 1.165) is 17.1 Å². The smallest absolute Gasteiger partial charge is 0.242 e. The van der Waals surface area contributed by atoms with Crippen LogP contribution in [0.15, 0.2) is 24.3 Å². The van der Waals surface area contributed by atoms with E-state index in [1.165, 1.54) is 0 Å². The first-order chi connectivity index (χ1) is 7.29. The Hall–Kier alpha value is -1.55. The van der Waals surface area contributed by atoms with Gasteiger partial charge in [-0.25, -0.2) is 4.98 Å². The summed E-state index contributed by atoms with van der Waals surface area (Å²) in [6.45, 7) is 0. The lowest BCUT2D eigenvalue weighted by atomic mass is 10.1. The largest absolute Gasteiger partial charge is 0.496 e. The van der Waals surface area contributed by atoms with Gasteiger partial charge in [-0.15, -0.1) is 5.10 Å². The Morgan fingerprint density at radius 2 is 2.20 bits per heavy atom. The van der Waals surface area contributed by atoms with Crippen LogP contribution in [0.2, 0.25) is 5.28 Å². The third-order valence-electron chi connectivity index (χ3n) is 2.05. The summed E-state index contributed by atoms with van der Waals surface area (Å²) in [6.07, 6.45) is 0.629. The minimum Gasteiger partial charge on any atom is -0.496 e. The molecule has 0 amide bonds. The number of benzene rings is 1. The second-order valence-electron chi connectivity index (χ2n) is 3.04. The molecule has 2 rings (SSSR count). The number of nitrogens with one attached hydrogen (secondary N) is 1. The number of nitrogens with zero attached hydrogens (tertiary/aromatic N) is 2. The lowest BCUT2D eigenvalue weighted by Gasteiger charge is -2.05. The molecule has 0 aliphatic heterocycles. The average Bonchev–Trinajstić information content (AvgIpc) is 2.65. The number of halogens is 1. The first kappa shape index (κ1) is 9.98. The van der Waals surface area contributed by atoms with Crippen LogP contribution in [0.1, 0.15) is 11.4 Å². The first-order valence-corrected chi connectivity index (χ1v) is 4.86. The molecule has 0 saturated carbocycles. The van der Waals surface area contributed by atoms with Gasteiger partial charge in [0.05, 0.1) is 7.11 Å². The van der Waals surface area contributed by atoms with Crippen LogP contribution in [-0.4, -0.2) is 22.3 Å². The summed E-state index contributed by atoms with van der Waals surface area (Å²) in [4.78, 5) is 4.02. The van der Waals surface area contributed by atoms with E-state index >= 15 is 0 Å². The molecule has 15 heavy (non-hydrogen) atoms. The quantitative estimate of drug-likeness (QED) is 0.867.